The highest BCUT2D eigenvalue weighted by atomic mass is 16.7. The van der Waals surface area contributed by atoms with E-state index < -0.39 is 0 Å². The van der Waals surface area contributed by atoms with Gasteiger partial charge >= 0.3 is 5.97 Å². The zero-order valence-corrected chi connectivity index (χ0v) is 14.0. The van der Waals surface area contributed by atoms with Gasteiger partial charge in [0.1, 0.15) is 5.75 Å². The molecule has 0 N–H and O–H groups in total. The first-order valence-electron chi connectivity index (χ1n) is 8.28. The number of hydrogen-bond donors (Lipinski definition) is 0. The molecule has 0 radical (unpaired) electrons. The molecule has 1 heterocycles. The average Bonchev–Trinajstić information content (AvgIpc) is 2.54. The molecule has 0 amide bonds. The molecule has 0 aliphatic carbocycles. The van der Waals surface area contributed by atoms with Gasteiger partial charge in [-0.1, -0.05) is 18.2 Å². The van der Waals surface area contributed by atoms with Crippen molar-refractivity contribution in [2.24, 2.45) is 0 Å². The average molecular weight is 322 g/mol. The SMILES string of the molecule is CC(C)OC(=O)CCc1ccccc1OCCC1OCCCO1. The minimum Gasteiger partial charge on any atom is -0.493 e. The van der Waals surface area contributed by atoms with Crippen molar-refractivity contribution in [2.45, 2.75) is 51.9 Å². The lowest BCUT2D eigenvalue weighted by molar-refractivity contribution is -0.183. The van der Waals surface area contributed by atoms with Crippen LogP contribution in [0.25, 0.3) is 0 Å². The second-order valence-corrected chi connectivity index (χ2v) is 5.81. The number of ether oxygens (including phenoxy) is 4. The van der Waals surface area contributed by atoms with Gasteiger partial charge in [-0.05, 0) is 38.3 Å². The van der Waals surface area contributed by atoms with Gasteiger partial charge in [-0.25, -0.2) is 0 Å². The summed E-state index contributed by atoms with van der Waals surface area (Å²) in [6.45, 7) is 5.73. The van der Waals surface area contributed by atoms with E-state index in [4.69, 9.17) is 18.9 Å². The van der Waals surface area contributed by atoms with Crippen molar-refractivity contribution in [2.75, 3.05) is 19.8 Å². The Bertz CT molecular complexity index is 480. The monoisotopic (exact) mass is 322 g/mol. The van der Waals surface area contributed by atoms with E-state index >= 15 is 0 Å². The van der Waals surface area contributed by atoms with Crippen molar-refractivity contribution in [1.29, 1.82) is 0 Å². The van der Waals surface area contributed by atoms with Crippen molar-refractivity contribution in [3.63, 3.8) is 0 Å². The highest BCUT2D eigenvalue weighted by Gasteiger charge is 2.14. The molecule has 0 unspecified atom stereocenters. The molecule has 0 aromatic heterocycles. The van der Waals surface area contributed by atoms with Gasteiger partial charge in [0, 0.05) is 12.8 Å². The lowest BCUT2D eigenvalue weighted by Crippen LogP contribution is -2.26. The first-order chi connectivity index (χ1) is 11.1. The fourth-order valence-corrected chi connectivity index (χ4v) is 2.38. The Hall–Kier alpha value is -1.59. The van der Waals surface area contributed by atoms with E-state index in [2.05, 4.69) is 0 Å². The van der Waals surface area contributed by atoms with Gasteiger partial charge in [0.25, 0.3) is 0 Å². The largest absolute Gasteiger partial charge is 0.493 e. The highest BCUT2D eigenvalue weighted by Crippen LogP contribution is 2.21. The van der Waals surface area contributed by atoms with Crippen LogP contribution in [0.1, 0.15) is 38.7 Å². The smallest absolute Gasteiger partial charge is 0.306 e. The molecule has 1 saturated heterocycles. The van der Waals surface area contributed by atoms with Gasteiger partial charge in [-0.15, -0.1) is 0 Å². The van der Waals surface area contributed by atoms with Crippen LogP contribution in [0.4, 0.5) is 0 Å². The predicted molar refractivity (Wildman–Crippen MR) is 86.4 cm³/mol. The third-order valence-corrected chi connectivity index (χ3v) is 3.45. The molecular formula is C18H26O5. The Labute approximate surface area is 137 Å². The molecule has 0 saturated carbocycles. The second kappa shape index (κ2) is 9.53. The Morgan fingerprint density at radius 3 is 2.74 bits per heavy atom. The molecule has 1 aliphatic rings. The molecule has 0 bridgehead atoms. The summed E-state index contributed by atoms with van der Waals surface area (Å²) in [7, 11) is 0. The maximum absolute atomic E-state index is 11.7. The number of hydrogen-bond acceptors (Lipinski definition) is 5. The zero-order valence-electron chi connectivity index (χ0n) is 14.0. The molecule has 0 spiro atoms. The molecule has 5 nitrogen and oxygen atoms in total. The summed E-state index contributed by atoms with van der Waals surface area (Å²) < 4.78 is 22.0. The van der Waals surface area contributed by atoms with Gasteiger partial charge in [0.05, 0.1) is 25.9 Å². The van der Waals surface area contributed by atoms with E-state index in [0.717, 1.165) is 30.9 Å². The summed E-state index contributed by atoms with van der Waals surface area (Å²) in [5.74, 6) is 0.625. The van der Waals surface area contributed by atoms with E-state index in [1.807, 2.05) is 38.1 Å². The van der Waals surface area contributed by atoms with Crippen LogP contribution >= 0.6 is 0 Å². The molecule has 5 heteroatoms. The van der Waals surface area contributed by atoms with Crippen LogP contribution in [0, 0.1) is 0 Å². The van der Waals surface area contributed by atoms with Crippen LogP contribution in [0.3, 0.4) is 0 Å². The summed E-state index contributed by atoms with van der Waals surface area (Å²) in [4.78, 5) is 11.7. The van der Waals surface area contributed by atoms with Gasteiger partial charge in [-0.2, -0.15) is 0 Å². The Kier molecular flexibility index (Phi) is 7.36. The number of benzene rings is 1. The van der Waals surface area contributed by atoms with E-state index in [-0.39, 0.29) is 18.4 Å². The van der Waals surface area contributed by atoms with Gasteiger partial charge in [0.2, 0.25) is 0 Å². The van der Waals surface area contributed by atoms with Crippen molar-refractivity contribution < 1.29 is 23.7 Å². The fourth-order valence-electron chi connectivity index (χ4n) is 2.38. The standard InChI is InChI=1S/C18H26O5/c1-14(2)23-17(19)9-8-15-6-3-4-7-16(15)20-13-10-18-21-11-5-12-22-18/h3-4,6-7,14,18H,5,8-13H2,1-2H3. The van der Waals surface area contributed by atoms with E-state index in [9.17, 15) is 4.79 Å². The summed E-state index contributed by atoms with van der Waals surface area (Å²) >= 11 is 0. The van der Waals surface area contributed by atoms with Crippen LogP contribution in [0.5, 0.6) is 5.75 Å². The number of esters is 1. The van der Waals surface area contributed by atoms with Crippen LogP contribution in [-0.2, 0) is 25.4 Å². The molecule has 128 valence electrons. The molecular weight excluding hydrogens is 296 g/mol. The molecule has 0 atom stereocenters. The van der Waals surface area contributed by atoms with Crippen LogP contribution in [0.15, 0.2) is 24.3 Å². The maximum atomic E-state index is 11.7. The third-order valence-electron chi connectivity index (χ3n) is 3.45. The van der Waals surface area contributed by atoms with Gasteiger partial charge in [0.15, 0.2) is 6.29 Å². The number of para-hydroxylation sites is 1. The topological polar surface area (TPSA) is 54.0 Å². The number of rotatable bonds is 8. The van der Waals surface area contributed by atoms with Crippen molar-refractivity contribution in [3.05, 3.63) is 29.8 Å². The molecule has 1 aliphatic heterocycles. The zero-order chi connectivity index (χ0) is 16.5. The lowest BCUT2D eigenvalue weighted by Gasteiger charge is -2.23. The number of carbonyl (C=O) groups excluding carboxylic acids is 1. The summed E-state index contributed by atoms with van der Waals surface area (Å²) in [6.07, 6.45) is 2.36. The second-order valence-electron chi connectivity index (χ2n) is 5.81. The van der Waals surface area contributed by atoms with Crippen molar-refractivity contribution in [1.82, 2.24) is 0 Å². The normalized spacial score (nSPS) is 15.6. The first-order valence-corrected chi connectivity index (χ1v) is 8.28. The lowest BCUT2D eigenvalue weighted by atomic mass is 10.1. The van der Waals surface area contributed by atoms with Crippen molar-refractivity contribution >= 4 is 5.97 Å². The quantitative estimate of drug-likeness (QED) is 0.688. The van der Waals surface area contributed by atoms with Crippen molar-refractivity contribution in [3.8, 4) is 5.75 Å². The summed E-state index contributed by atoms with van der Waals surface area (Å²) in [6, 6.07) is 7.78. The van der Waals surface area contributed by atoms with E-state index in [1.165, 1.54) is 0 Å². The summed E-state index contributed by atoms with van der Waals surface area (Å²) in [5.41, 5.74) is 1.01. The minimum atomic E-state index is -0.182. The third kappa shape index (κ3) is 6.59. The molecule has 1 aromatic rings. The van der Waals surface area contributed by atoms with E-state index in [0.29, 0.717) is 25.9 Å². The Morgan fingerprint density at radius 2 is 2.00 bits per heavy atom. The maximum Gasteiger partial charge on any atom is 0.306 e. The molecule has 2 rings (SSSR count). The first kappa shape index (κ1) is 17.8. The highest BCUT2D eigenvalue weighted by molar-refractivity contribution is 5.70. The summed E-state index contributed by atoms with van der Waals surface area (Å²) in [5, 5.41) is 0. The fraction of sp³-hybridized carbons (Fsp3) is 0.611. The number of carbonyl (C=O) groups is 1. The van der Waals surface area contributed by atoms with Crippen LogP contribution in [0.2, 0.25) is 0 Å². The predicted octanol–water partition coefficient (Wildman–Crippen LogP) is 3.10. The van der Waals surface area contributed by atoms with E-state index in [1.54, 1.807) is 0 Å². The van der Waals surface area contributed by atoms with Crippen LogP contribution < -0.4 is 4.74 Å². The number of aryl methyl sites for hydroxylation is 1. The molecule has 1 aromatic carbocycles. The Balaban J connectivity index is 1.78. The van der Waals surface area contributed by atoms with Gasteiger partial charge in [-0.3, -0.25) is 4.79 Å². The van der Waals surface area contributed by atoms with Gasteiger partial charge < -0.3 is 18.9 Å². The van der Waals surface area contributed by atoms with Crippen LogP contribution in [-0.4, -0.2) is 38.2 Å². The minimum absolute atomic E-state index is 0.0792. The Morgan fingerprint density at radius 1 is 1.26 bits per heavy atom. The molecule has 23 heavy (non-hydrogen) atoms. The molecule has 1 fully saturated rings.